The number of rotatable bonds is 7. The Bertz CT molecular complexity index is 772. The van der Waals surface area contributed by atoms with E-state index in [4.69, 9.17) is 4.74 Å². The third kappa shape index (κ3) is 6.33. The lowest BCUT2D eigenvalue weighted by molar-refractivity contribution is 0.0954. The molecule has 0 atom stereocenters. The molecule has 0 aliphatic rings. The topological polar surface area (TPSA) is 66.0 Å². The summed E-state index contributed by atoms with van der Waals surface area (Å²) in [6.45, 7) is 3.91. The van der Waals surface area contributed by atoms with Crippen LogP contribution in [0.15, 0.2) is 53.5 Å². The lowest BCUT2D eigenvalue weighted by Crippen LogP contribution is -2.42. The minimum atomic E-state index is -0.126. The first-order chi connectivity index (χ1) is 13.0. The molecule has 0 aromatic heterocycles. The van der Waals surface area contributed by atoms with Crippen LogP contribution in [-0.4, -0.2) is 51.1 Å². The highest BCUT2D eigenvalue weighted by atomic mass is 16.5. The van der Waals surface area contributed by atoms with Crippen molar-refractivity contribution in [3.05, 3.63) is 65.2 Å². The summed E-state index contributed by atoms with van der Waals surface area (Å²) < 4.78 is 5.14. The molecule has 2 aromatic carbocycles. The van der Waals surface area contributed by atoms with Gasteiger partial charge in [-0.1, -0.05) is 35.9 Å². The molecule has 1 amide bonds. The van der Waals surface area contributed by atoms with Crippen molar-refractivity contribution in [2.45, 2.75) is 13.5 Å². The number of hydrogen-bond donors (Lipinski definition) is 2. The van der Waals surface area contributed by atoms with Crippen LogP contribution in [0.1, 0.15) is 21.5 Å². The molecule has 2 rings (SSSR count). The molecule has 144 valence electrons. The van der Waals surface area contributed by atoms with Gasteiger partial charge in [0.15, 0.2) is 5.96 Å². The number of benzene rings is 2. The molecule has 0 aliphatic carbocycles. The summed E-state index contributed by atoms with van der Waals surface area (Å²) in [4.78, 5) is 18.5. The molecule has 0 spiro atoms. The molecular weight excluding hydrogens is 340 g/mol. The lowest BCUT2D eigenvalue weighted by atomic mass is 10.1. The maximum atomic E-state index is 12.2. The minimum Gasteiger partial charge on any atom is -0.497 e. The van der Waals surface area contributed by atoms with E-state index in [2.05, 4.69) is 51.7 Å². The fourth-order valence-electron chi connectivity index (χ4n) is 2.64. The zero-order valence-corrected chi connectivity index (χ0v) is 16.5. The van der Waals surface area contributed by atoms with Gasteiger partial charge in [-0.25, -0.2) is 0 Å². The average molecular weight is 368 g/mol. The fraction of sp³-hybridized carbons (Fsp3) is 0.333. The SMILES string of the molecule is CN=C(NCCNC(=O)c1cccc(OC)c1)N(C)Cc1ccc(C)cc1. The van der Waals surface area contributed by atoms with E-state index in [1.807, 2.05) is 13.1 Å². The summed E-state index contributed by atoms with van der Waals surface area (Å²) in [5.41, 5.74) is 3.04. The van der Waals surface area contributed by atoms with Gasteiger partial charge in [-0.05, 0) is 30.7 Å². The van der Waals surface area contributed by atoms with Crippen LogP contribution in [0.5, 0.6) is 5.75 Å². The van der Waals surface area contributed by atoms with Crippen LogP contribution in [0.3, 0.4) is 0 Å². The maximum Gasteiger partial charge on any atom is 0.251 e. The van der Waals surface area contributed by atoms with Crippen molar-refractivity contribution in [3.63, 3.8) is 0 Å². The second kappa shape index (κ2) is 10.2. The Kier molecular flexibility index (Phi) is 7.67. The Balaban J connectivity index is 1.78. The normalized spacial score (nSPS) is 11.0. The Hall–Kier alpha value is -3.02. The number of aliphatic imine (C=N–C) groups is 1. The number of ether oxygens (including phenoxy) is 1. The quantitative estimate of drug-likeness (QED) is 0.448. The number of aryl methyl sites for hydroxylation is 1. The summed E-state index contributed by atoms with van der Waals surface area (Å²) >= 11 is 0. The highest BCUT2D eigenvalue weighted by Crippen LogP contribution is 2.12. The maximum absolute atomic E-state index is 12.2. The molecule has 0 unspecified atom stereocenters. The summed E-state index contributed by atoms with van der Waals surface area (Å²) in [5, 5.41) is 6.16. The average Bonchev–Trinajstić information content (AvgIpc) is 2.69. The summed E-state index contributed by atoms with van der Waals surface area (Å²) in [7, 11) is 5.33. The number of guanidine groups is 1. The van der Waals surface area contributed by atoms with Gasteiger partial charge in [0.25, 0.3) is 5.91 Å². The van der Waals surface area contributed by atoms with E-state index >= 15 is 0 Å². The molecule has 6 heteroatoms. The molecular formula is C21H28N4O2. The Labute approximate surface area is 161 Å². The van der Waals surface area contributed by atoms with E-state index < -0.39 is 0 Å². The molecule has 6 nitrogen and oxygen atoms in total. The Morgan fingerprint density at radius 2 is 1.81 bits per heavy atom. The van der Waals surface area contributed by atoms with Crippen molar-refractivity contribution in [1.29, 1.82) is 0 Å². The zero-order valence-electron chi connectivity index (χ0n) is 16.5. The second-order valence-electron chi connectivity index (χ2n) is 6.30. The Morgan fingerprint density at radius 3 is 2.48 bits per heavy atom. The molecule has 0 aliphatic heterocycles. The smallest absolute Gasteiger partial charge is 0.251 e. The van der Waals surface area contributed by atoms with E-state index in [9.17, 15) is 4.79 Å². The molecule has 27 heavy (non-hydrogen) atoms. The summed E-state index contributed by atoms with van der Waals surface area (Å²) in [6.07, 6.45) is 0. The summed E-state index contributed by atoms with van der Waals surface area (Å²) in [6, 6.07) is 15.5. The van der Waals surface area contributed by atoms with Gasteiger partial charge in [-0.2, -0.15) is 0 Å². The summed E-state index contributed by atoms with van der Waals surface area (Å²) in [5.74, 6) is 1.32. The number of carbonyl (C=O) groups is 1. The van der Waals surface area contributed by atoms with Crippen molar-refractivity contribution in [3.8, 4) is 5.75 Å². The number of nitrogens with zero attached hydrogens (tertiary/aromatic N) is 2. The van der Waals surface area contributed by atoms with Crippen molar-refractivity contribution in [2.75, 3.05) is 34.3 Å². The third-order valence-electron chi connectivity index (χ3n) is 4.14. The van der Waals surface area contributed by atoms with Crippen LogP contribution in [0.25, 0.3) is 0 Å². The van der Waals surface area contributed by atoms with Crippen molar-refractivity contribution < 1.29 is 9.53 Å². The van der Waals surface area contributed by atoms with Gasteiger partial charge in [-0.3, -0.25) is 9.79 Å². The number of amides is 1. The van der Waals surface area contributed by atoms with Crippen LogP contribution in [0.4, 0.5) is 0 Å². The molecule has 0 saturated heterocycles. The van der Waals surface area contributed by atoms with Crippen LogP contribution in [0.2, 0.25) is 0 Å². The molecule has 0 bridgehead atoms. The van der Waals surface area contributed by atoms with Crippen molar-refractivity contribution in [1.82, 2.24) is 15.5 Å². The highest BCUT2D eigenvalue weighted by Gasteiger charge is 2.08. The Morgan fingerprint density at radius 1 is 1.11 bits per heavy atom. The number of carbonyl (C=O) groups excluding carboxylic acids is 1. The van der Waals surface area contributed by atoms with E-state index in [0.29, 0.717) is 24.4 Å². The third-order valence-corrected chi connectivity index (χ3v) is 4.14. The van der Waals surface area contributed by atoms with Crippen molar-refractivity contribution in [2.24, 2.45) is 4.99 Å². The predicted octanol–water partition coefficient (Wildman–Crippen LogP) is 2.44. The number of methoxy groups -OCH3 is 1. The number of nitrogens with one attached hydrogen (secondary N) is 2. The van der Waals surface area contributed by atoms with Crippen LogP contribution >= 0.6 is 0 Å². The molecule has 0 heterocycles. The van der Waals surface area contributed by atoms with Gasteiger partial charge in [0.2, 0.25) is 0 Å². The van der Waals surface area contributed by atoms with Gasteiger partial charge >= 0.3 is 0 Å². The first-order valence-electron chi connectivity index (χ1n) is 8.93. The highest BCUT2D eigenvalue weighted by molar-refractivity contribution is 5.94. The van der Waals surface area contributed by atoms with Crippen LogP contribution in [-0.2, 0) is 6.54 Å². The van der Waals surface area contributed by atoms with Gasteiger partial charge in [0, 0.05) is 39.3 Å². The monoisotopic (exact) mass is 368 g/mol. The van der Waals surface area contributed by atoms with E-state index in [-0.39, 0.29) is 5.91 Å². The van der Waals surface area contributed by atoms with Gasteiger partial charge < -0.3 is 20.3 Å². The van der Waals surface area contributed by atoms with Crippen molar-refractivity contribution >= 4 is 11.9 Å². The standard InChI is InChI=1S/C21H28N4O2/c1-16-8-10-17(11-9-16)15-25(3)21(22-2)24-13-12-23-20(26)18-6-5-7-19(14-18)27-4/h5-11,14H,12-13,15H2,1-4H3,(H,22,24)(H,23,26). The van der Waals surface area contributed by atoms with Gasteiger partial charge in [0.05, 0.1) is 7.11 Å². The minimum absolute atomic E-state index is 0.126. The lowest BCUT2D eigenvalue weighted by Gasteiger charge is -2.22. The van der Waals surface area contributed by atoms with Crippen LogP contribution < -0.4 is 15.4 Å². The molecule has 2 N–H and O–H groups in total. The van der Waals surface area contributed by atoms with E-state index in [1.165, 1.54) is 11.1 Å². The number of hydrogen-bond acceptors (Lipinski definition) is 3. The first kappa shape index (κ1) is 20.3. The largest absolute Gasteiger partial charge is 0.497 e. The van der Waals surface area contributed by atoms with E-state index in [1.54, 1.807) is 32.4 Å². The van der Waals surface area contributed by atoms with Crippen LogP contribution in [0, 0.1) is 6.92 Å². The molecule has 0 saturated carbocycles. The van der Waals surface area contributed by atoms with E-state index in [0.717, 1.165) is 12.5 Å². The molecule has 2 aromatic rings. The first-order valence-corrected chi connectivity index (χ1v) is 8.93. The predicted molar refractivity (Wildman–Crippen MR) is 109 cm³/mol. The molecule has 0 fully saturated rings. The second-order valence-corrected chi connectivity index (χ2v) is 6.30. The fourth-order valence-corrected chi connectivity index (χ4v) is 2.64. The molecule has 0 radical (unpaired) electrons. The van der Waals surface area contributed by atoms with Gasteiger partial charge in [-0.15, -0.1) is 0 Å². The van der Waals surface area contributed by atoms with Gasteiger partial charge in [0.1, 0.15) is 5.75 Å². The zero-order chi connectivity index (χ0) is 19.6.